The van der Waals surface area contributed by atoms with Gasteiger partial charge in [-0.05, 0) is 49.5 Å². The highest BCUT2D eigenvalue weighted by Gasteiger charge is 2.25. The maximum absolute atomic E-state index is 5.49. The molecule has 1 aliphatic rings. The number of hydrogen-bond acceptors (Lipinski definition) is 6. The van der Waals surface area contributed by atoms with Crippen LogP contribution in [0.5, 0.6) is 0 Å². The van der Waals surface area contributed by atoms with Gasteiger partial charge in [0.25, 0.3) is 0 Å². The highest BCUT2D eigenvalue weighted by molar-refractivity contribution is 7.13. The monoisotopic (exact) mass is 365 g/mol. The molecule has 26 heavy (non-hydrogen) atoms. The molecule has 4 aromatic rings. The summed E-state index contributed by atoms with van der Waals surface area (Å²) >= 11 is 1.67. The first-order chi connectivity index (χ1) is 12.9. The van der Waals surface area contributed by atoms with E-state index in [-0.39, 0.29) is 0 Å². The molecule has 0 bridgehead atoms. The fourth-order valence-electron chi connectivity index (χ4n) is 3.64. The van der Waals surface area contributed by atoms with Crippen molar-refractivity contribution in [3.05, 3.63) is 59.5 Å². The van der Waals surface area contributed by atoms with Gasteiger partial charge in [0.1, 0.15) is 5.82 Å². The summed E-state index contributed by atoms with van der Waals surface area (Å²) in [4.78, 5) is 3.57. The molecule has 0 aromatic carbocycles. The zero-order valence-electron chi connectivity index (χ0n) is 14.3. The molecule has 1 saturated heterocycles. The fourth-order valence-corrected chi connectivity index (χ4v) is 4.31. The number of likely N-dealkylation sites (tertiary alicyclic amines) is 1. The summed E-state index contributed by atoms with van der Waals surface area (Å²) in [7, 11) is 0. The summed E-state index contributed by atoms with van der Waals surface area (Å²) in [5, 5.41) is 15.0. The summed E-state index contributed by atoms with van der Waals surface area (Å²) in [6.07, 6.45) is 4.23. The van der Waals surface area contributed by atoms with E-state index in [0.29, 0.717) is 5.92 Å². The second kappa shape index (κ2) is 6.66. The van der Waals surface area contributed by atoms with E-state index in [2.05, 4.69) is 48.4 Å². The van der Waals surface area contributed by atoms with Crippen LogP contribution in [0.15, 0.2) is 52.5 Å². The van der Waals surface area contributed by atoms with E-state index >= 15 is 0 Å². The van der Waals surface area contributed by atoms with E-state index in [4.69, 9.17) is 4.52 Å². The van der Waals surface area contributed by atoms with Gasteiger partial charge in [0.15, 0.2) is 11.4 Å². The van der Waals surface area contributed by atoms with Gasteiger partial charge in [-0.2, -0.15) is 0 Å². The first-order valence-electron chi connectivity index (χ1n) is 8.88. The quantitative estimate of drug-likeness (QED) is 0.550. The van der Waals surface area contributed by atoms with E-state index < -0.39 is 0 Å². The third kappa shape index (κ3) is 2.93. The number of piperidine rings is 1. The molecule has 5 rings (SSSR count). The lowest BCUT2D eigenvalue weighted by molar-refractivity contribution is 0.196. The predicted octanol–water partition coefficient (Wildman–Crippen LogP) is 3.83. The van der Waals surface area contributed by atoms with Crippen LogP contribution in [0.3, 0.4) is 0 Å². The molecule has 4 aromatic heterocycles. The molecule has 1 fully saturated rings. The number of pyridine rings is 1. The Bertz CT molecular complexity index is 998. The van der Waals surface area contributed by atoms with Crippen LogP contribution in [0, 0.1) is 0 Å². The van der Waals surface area contributed by atoms with Crippen LogP contribution in [0.4, 0.5) is 0 Å². The van der Waals surface area contributed by atoms with Gasteiger partial charge in [0, 0.05) is 24.7 Å². The Kier molecular flexibility index (Phi) is 4.03. The van der Waals surface area contributed by atoms with Gasteiger partial charge in [0.05, 0.1) is 10.6 Å². The third-order valence-electron chi connectivity index (χ3n) is 5.00. The molecule has 0 saturated carbocycles. The van der Waals surface area contributed by atoms with Gasteiger partial charge in [-0.3, -0.25) is 9.30 Å². The molecule has 7 heteroatoms. The molecule has 0 aliphatic carbocycles. The Morgan fingerprint density at radius 1 is 1.12 bits per heavy atom. The minimum absolute atomic E-state index is 0.461. The van der Waals surface area contributed by atoms with Crippen LogP contribution >= 0.6 is 11.3 Å². The molecule has 5 heterocycles. The van der Waals surface area contributed by atoms with Crippen LogP contribution in [0.2, 0.25) is 0 Å². The molecule has 6 nitrogen and oxygen atoms in total. The lowest BCUT2D eigenvalue weighted by atomic mass is 9.96. The lowest BCUT2D eigenvalue weighted by Gasteiger charge is -2.30. The van der Waals surface area contributed by atoms with Gasteiger partial charge in [-0.25, -0.2) is 0 Å². The summed E-state index contributed by atoms with van der Waals surface area (Å²) < 4.78 is 7.61. The van der Waals surface area contributed by atoms with Crippen molar-refractivity contribution >= 4 is 17.0 Å². The molecular formula is C19H19N5OS. The van der Waals surface area contributed by atoms with Crippen molar-refractivity contribution in [2.75, 3.05) is 13.1 Å². The van der Waals surface area contributed by atoms with Crippen molar-refractivity contribution < 1.29 is 4.52 Å². The summed E-state index contributed by atoms with van der Waals surface area (Å²) in [6, 6.07) is 12.2. The van der Waals surface area contributed by atoms with E-state index in [1.165, 1.54) is 0 Å². The number of fused-ring (bicyclic) bond motifs is 1. The second-order valence-corrected chi connectivity index (χ2v) is 7.64. The normalized spacial score (nSPS) is 16.5. The first-order valence-corrected chi connectivity index (χ1v) is 9.76. The zero-order valence-corrected chi connectivity index (χ0v) is 15.1. The van der Waals surface area contributed by atoms with Crippen LogP contribution in [0.25, 0.3) is 16.3 Å². The molecule has 0 atom stereocenters. The van der Waals surface area contributed by atoms with Crippen molar-refractivity contribution in [2.45, 2.75) is 25.3 Å². The number of aromatic nitrogens is 4. The standard InChI is InChI=1S/C19H19N5OS/c1-2-8-24-18(5-1)20-21-19(24)14-6-9-23(10-7-14)13-15-12-16(25-22-15)17-4-3-11-26-17/h1-5,8,11-12,14H,6-7,9-10,13H2. The molecule has 0 spiro atoms. The summed E-state index contributed by atoms with van der Waals surface area (Å²) in [5.41, 5.74) is 1.92. The maximum atomic E-state index is 5.49. The van der Waals surface area contributed by atoms with E-state index in [1.54, 1.807) is 11.3 Å². The summed E-state index contributed by atoms with van der Waals surface area (Å²) in [6.45, 7) is 2.91. The van der Waals surface area contributed by atoms with Gasteiger partial charge < -0.3 is 4.52 Å². The average molecular weight is 365 g/mol. The number of thiophene rings is 1. The van der Waals surface area contributed by atoms with Gasteiger partial charge in [-0.1, -0.05) is 17.3 Å². The van der Waals surface area contributed by atoms with E-state index in [9.17, 15) is 0 Å². The predicted molar refractivity (Wildman–Crippen MR) is 100 cm³/mol. The van der Waals surface area contributed by atoms with Gasteiger partial charge in [-0.15, -0.1) is 21.5 Å². The van der Waals surface area contributed by atoms with Crippen molar-refractivity contribution in [1.29, 1.82) is 0 Å². The Labute approximate surface area is 155 Å². The van der Waals surface area contributed by atoms with E-state index in [0.717, 1.165) is 60.3 Å². The Balaban J connectivity index is 1.23. The van der Waals surface area contributed by atoms with Crippen molar-refractivity contribution in [3.8, 4) is 10.6 Å². The van der Waals surface area contributed by atoms with Crippen molar-refractivity contribution in [1.82, 2.24) is 24.7 Å². The van der Waals surface area contributed by atoms with Crippen LogP contribution in [-0.2, 0) is 6.54 Å². The molecule has 132 valence electrons. The first kappa shape index (κ1) is 15.7. The number of nitrogens with zero attached hydrogens (tertiary/aromatic N) is 5. The molecule has 0 radical (unpaired) electrons. The molecule has 0 amide bonds. The highest BCUT2D eigenvalue weighted by atomic mass is 32.1. The summed E-state index contributed by atoms with van der Waals surface area (Å²) in [5.74, 6) is 2.41. The lowest BCUT2D eigenvalue weighted by Crippen LogP contribution is -2.33. The van der Waals surface area contributed by atoms with E-state index in [1.807, 2.05) is 24.3 Å². The largest absolute Gasteiger partial charge is 0.355 e. The Morgan fingerprint density at radius 2 is 2.04 bits per heavy atom. The van der Waals surface area contributed by atoms with Crippen LogP contribution in [0.1, 0.15) is 30.3 Å². The molecule has 0 N–H and O–H groups in total. The van der Waals surface area contributed by atoms with Crippen molar-refractivity contribution in [3.63, 3.8) is 0 Å². The molecule has 1 aliphatic heterocycles. The Morgan fingerprint density at radius 3 is 2.88 bits per heavy atom. The van der Waals surface area contributed by atoms with Crippen LogP contribution < -0.4 is 0 Å². The smallest absolute Gasteiger partial charge is 0.177 e. The zero-order chi connectivity index (χ0) is 17.3. The minimum Gasteiger partial charge on any atom is -0.355 e. The van der Waals surface area contributed by atoms with Crippen LogP contribution in [-0.4, -0.2) is 37.7 Å². The topological polar surface area (TPSA) is 59.5 Å². The molecular weight excluding hydrogens is 346 g/mol. The van der Waals surface area contributed by atoms with Crippen molar-refractivity contribution in [2.24, 2.45) is 0 Å². The number of rotatable bonds is 4. The van der Waals surface area contributed by atoms with Gasteiger partial charge >= 0.3 is 0 Å². The second-order valence-electron chi connectivity index (χ2n) is 6.70. The number of hydrogen-bond donors (Lipinski definition) is 0. The fraction of sp³-hybridized carbons (Fsp3) is 0.316. The molecule has 0 unspecified atom stereocenters. The highest BCUT2D eigenvalue weighted by Crippen LogP contribution is 2.29. The average Bonchev–Trinajstić information content (AvgIpc) is 3.43. The Hall–Kier alpha value is -2.51. The maximum Gasteiger partial charge on any atom is 0.177 e. The van der Waals surface area contributed by atoms with Gasteiger partial charge in [0.2, 0.25) is 0 Å². The SMILES string of the molecule is c1csc(-c2cc(CN3CCC(c4nnc5ccccn45)CC3)no2)c1. The minimum atomic E-state index is 0.461. The third-order valence-corrected chi connectivity index (χ3v) is 5.89.